The Labute approximate surface area is 105 Å². The van der Waals surface area contributed by atoms with Gasteiger partial charge in [-0.3, -0.25) is 9.59 Å². The Hall–Kier alpha value is -1.91. The summed E-state index contributed by atoms with van der Waals surface area (Å²) in [7, 11) is 1.24. The Morgan fingerprint density at radius 2 is 2.06 bits per heavy atom. The van der Waals surface area contributed by atoms with Gasteiger partial charge in [0.1, 0.15) is 12.4 Å². The number of carbonyl (C=O) groups excluding carboxylic acids is 2. The molecule has 0 bridgehead atoms. The highest BCUT2D eigenvalue weighted by atomic mass is 19.1. The number of hydrogen-bond acceptors (Lipinski definition) is 3. The zero-order valence-corrected chi connectivity index (χ0v) is 10.7. The lowest BCUT2D eigenvalue weighted by atomic mass is 10.1. The van der Waals surface area contributed by atoms with Crippen LogP contribution in [0.25, 0.3) is 0 Å². The maximum atomic E-state index is 13.6. The quantitative estimate of drug-likeness (QED) is 0.768. The van der Waals surface area contributed by atoms with Crippen LogP contribution in [0.2, 0.25) is 0 Å². The Morgan fingerprint density at radius 1 is 1.39 bits per heavy atom. The first-order valence-electron chi connectivity index (χ1n) is 5.61. The summed E-state index contributed by atoms with van der Waals surface area (Å²) in [4.78, 5) is 24.5. The monoisotopic (exact) mass is 253 g/mol. The number of methoxy groups -OCH3 is 1. The van der Waals surface area contributed by atoms with Crippen molar-refractivity contribution in [1.82, 2.24) is 4.90 Å². The van der Waals surface area contributed by atoms with Crippen LogP contribution in [0.5, 0.6) is 0 Å². The minimum absolute atomic E-state index is 0.0271. The van der Waals surface area contributed by atoms with Gasteiger partial charge in [-0.2, -0.15) is 0 Å². The van der Waals surface area contributed by atoms with Crippen LogP contribution in [-0.4, -0.2) is 37.0 Å². The Balaban J connectivity index is 2.96. The van der Waals surface area contributed by atoms with E-state index < -0.39 is 17.7 Å². The third-order valence-electron chi connectivity index (χ3n) is 2.57. The van der Waals surface area contributed by atoms with Crippen LogP contribution in [0.15, 0.2) is 18.2 Å². The smallest absolute Gasteiger partial charge is 0.325 e. The van der Waals surface area contributed by atoms with E-state index in [0.29, 0.717) is 6.54 Å². The molecule has 0 heterocycles. The molecule has 0 atom stereocenters. The van der Waals surface area contributed by atoms with Gasteiger partial charge in [-0.1, -0.05) is 11.6 Å². The van der Waals surface area contributed by atoms with Gasteiger partial charge in [0.05, 0.1) is 12.7 Å². The summed E-state index contributed by atoms with van der Waals surface area (Å²) >= 11 is 0. The molecule has 0 fully saturated rings. The summed E-state index contributed by atoms with van der Waals surface area (Å²) in [5, 5.41) is 0. The zero-order chi connectivity index (χ0) is 13.7. The van der Waals surface area contributed by atoms with E-state index in [0.717, 1.165) is 5.56 Å². The molecule has 0 unspecified atom stereocenters. The van der Waals surface area contributed by atoms with Crippen molar-refractivity contribution in [3.63, 3.8) is 0 Å². The first kappa shape index (κ1) is 14.2. The van der Waals surface area contributed by atoms with E-state index in [1.807, 2.05) is 0 Å². The van der Waals surface area contributed by atoms with Crippen molar-refractivity contribution in [3.8, 4) is 0 Å². The highest BCUT2D eigenvalue weighted by Gasteiger charge is 2.20. The van der Waals surface area contributed by atoms with Gasteiger partial charge < -0.3 is 9.64 Å². The molecule has 4 nitrogen and oxygen atoms in total. The Kier molecular flexibility index (Phi) is 4.83. The molecular formula is C13H16FNO3. The first-order chi connectivity index (χ1) is 8.49. The summed E-state index contributed by atoms with van der Waals surface area (Å²) in [6, 6.07) is 4.30. The molecule has 0 saturated heterocycles. The summed E-state index contributed by atoms with van der Waals surface area (Å²) in [6.07, 6.45) is 0. The van der Waals surface area contributed by atoms with Gasteiger partial charge in [0, 0.05) is 6.54 Å². The van der Waals surface area contributed by atoms with Gasteiger partial charge in [0.2, 0.25) is 0 Å². The van der Waals surface area contributed by atoms with E-state index in [9.17, 15) is 14.0 Å². The molecule has 0 saturated carbocycles. The van der Waals surface area contributed by atoms with Crippen molar-refractivity contribution in [2.75, 3.05) is 20.2 Å². The van der Waals surface area contributed by atoms with Crippen molar-refractivity contribution < 1.29 is 18.7 Å². The van der Waals surface area contributed by atoms with Crippen molar-refractivity contribution in [2.24, 2.45) is 0 Å². The lowest BCUT2D eigenvalue weighted by Crippen LogP contribution is -2.36. The number of halogens is 1. The average Bonchev–Trinajstić information content (AvgIpc) is 2.37. The molecule has 5 heteroatoms. The van der Waals surface area contributed by atoms with Crippen LogP contribution >= 0.6 is 0 Å². The standard InChI is InChI=1S/C13H16FNO3/c1-4-15(8-12(16)18-3)13(17)10-7-9(2)5-6-11(10)14/h5-7H,4,8H2,1-3H3. The number of benzene rings is 1. The molecule has 0 aliphatic rings. The molecule has 0 N–H and O–H groups in total. The maximum Gasteiger partial charge on any atom is 0.325 e. The Morgan fingerprint density at radius 3 is 2.61 bits per heavy atom. The van der Waals surface area contributed by atoms with Crippen molar-refractivity contribution in [3.05, 3.63) is 35.1 Å². The van der Waals surface area contributed by atoms with Gasteiger partial charge in [-0.15, -0.1) is 0 Å². The van der Waals surface area contributed by atoms with E-state index in [1.54, 1.807) is 19.9 Å². The average molecular weight is 253 g/mol. The highest BCUT2D eigenvalue weighted by molar-refractivity contribution is 5.96. The van der Waals surface area contributed by atoms with E-state index in [1.165, 1.54) is 24.1 Å². The fourth-order valence-corrected chi connectivity index (χ4v) is 1.52. The molecule has 1 amide bonds. The molecule has 18 heavy (non-hydrogen) atoms. The number of carbonyl (C=O) groups is 2. The number of aryl methyl sites for hydroxylation is 1. The lowest BCUT2D eigenvalue weighted by Gasteiger charge is -2.19. The lowest BCUT2D eigenvalue weighted by molar-refractivity contribution is -0.141. The molecule has 0 spiro atoms. The van der Waals surface area contributed by atoms with Crippen molar-refractivity contribution in [2.45, 2.75) is 13.8 Å². The van der Waals surface area contributed by atoms with Crippen LogP contribution in [0, 0.1) is 12.7 Å². The van der Waals surface area contributed by atoms with Gasteiger partial charge in [0.25, 0.3) is 5.91 Å². The molecular weight excluding hydrogens is 237 g/mol. The SMILES string of the molecule is CCN(CC(=O)OC)C(=O)c1cc(C)ccc1F. The fraction of sp³-hybridized carbons (Fsp3) is 0.385. The van der Waals surface area contributed by atoms with E-state index >= 15 is 0 Å². The molecule has 98 valence electrons. The van der Waals surface area contributed by atoms with E-state index in [2.05, 4.69) is 4.74 Å². The molecule has 0 radical (unpaired) electrons. The van der Waals surface area contributed by atoms with Gasteiger partial charge in [-0.25, -0.2) is 4.39 Å². The molecule has 0 aliphatic heterocycles. The maximum absolute atomic E-state index is 13.6. The van der Waals surface area contributed by atoms with Gasteiger partial charge in [0.15, 0.2) is 0 Å². The number of hydrogen-bond donors (Lipinski definition) is 0. The number of ether oxygens (including phenoxy) is 1. The molecule has 0 aromatic heterocycles. The second-order valence-corrected chi connectivity index (χ2v) is 3.88. The summed E-state index contributed by atoms with van der Waals surface area (Å²) in [6.45, 7) is 3.61. The van der Waals surface area contributed by atoms with Crippen LogP contribution in [-0.2, 0) is 9.53 Å². The number of likely N-dealkylation sites (N-methyl/N-ethyl adjacent to an activating group) is 1. The highest BCUT2D eigenvalue weighted by Crippen LogP contribution is 2.12. The minimum Gasteiger partial charge on any atom is -0.468 e. The second-order valence-electron chi connectivity index (χ2n) is 3.88. The third kappa shape index (κ3) is 3.29. The fourth-order valence-electron chi connectivity index (χ4n) is 1.52. The topological polar surface area (TPSA) is 46.6 Å². The molecule has 1 rings (SSSR count). The van der Waals surface area contributed by atoms with E-state index in [4.69, 9.17) is 0 Å². The first-order valence-corrected chi connectivity index (χ1v) is 5.61. The number of rotatable bonds is 4. The van der Waals surface area contributed by atoms with E-state index in [-0.39, 0.29) is 12.1 Å². The summed E-state index contributed by atoms with van der Waals surface area (Å²) in [5.41, 5.74) is 0.759. The van der Waals surface area contributed by atoms with Crippen LogP contribution < -0.4 is 0 Å². The molecule has 0 aliphatic carbocycles. The summed E-state index contributed by atoms with van der Waals surface area (Å²) in [5.74, 6) is -1.63. The van der Waals surface area contributed by atoms with Gasteiger partial charge >= 0.3 is 5.97 Å². The number of nitrogens with zero attached hydrogens (tertiary/aromatic N) is 1. The molecule has 1 aromatic rings. The predicted octanol–water partition coefficient (Wildman–Crippen LogP) is 1.77. The van der Waals surface area contributed by atoms with Crippen LogP contribution in [0.1, 0.15) is 22.8 Å². The van der Waals surface area contributed by atoms with Crippen LogP contribution in [0.3, 0.4) is 0 Å². The minimum atomic E-state index is -0.589. The van der Waals surface area contributed by atoms with Crippen molar-refractivity contribution >= 4 is 11.9 Å². The van der Waals surface area contributed by atoms with Crippen LogP contribution in [0.4, 0.5) is 4.39 Å². The number of amides is 1. The zero-order valence-electron chi connectivity index (χ0n) is 10.7. The second kappa shape index (κ2) is 6.14. The third-order valence-corrected chi connectivity index (χ3v) is 2.57. The predicted molar refractivity (Wildman–Crippen MR) is 64.7 cm³/mol. The number of esters is 1. The molecule has 1 aromatic carbocycles. The van der Waals surface area contributed by atoms with Crippen molar-refractivity contribution in [1.29, 1.82) is 0 Å². The normalized spacial score (nSPS) is 10.0. The largest absolute Gasteiger partial charge is 0.468 e. The Bertz CT molecular complexity index is 460. The summed E-state index contributed by atoms with van der Waals surface area (Å²) < 4.78 is 18.1. The van der Waals surface area contributed by atoms with Gasteiger partial charge in [-0.05, 0) is 26.0 Å².